The van der Waals surface area contributed by atoms with E-state index in [-0.39, 0.29) is 5.91 Å². The van der Waals surface area contributed by atoms with Crippen molar-refractivity contribution in [2.75, 3.05) is 5.32 Å². The van der Waals surface area contributed by atoms with Gasteiger partial charge in [0.25, 0.3) is 5.91 Å². The highest BCUT2D eigenvalue weighted by Crippen LogP contribution is 2.28. The van der Waals surface area contributed by atoms with Crippen LogP contribution in [0.2, 0.25) is 5.02 Å². The van der Waals surface area contributed by atoms with Crippen LogP contribution in [-0.2, 0) is 0 Å². The molecule has 0 bridgehead atoms. The predicted molar refractivity (Wildman–Crippen MR) is 89.5 cm³/mol. The lowest BCUT2D eigenvalue weighted by atomic mass is 10.1. The Bertz CT molecular complexity index is 832. The van der Waals surface area contributed by atoms with Gasteiger partial charge < -0.3 is 0 Å². The van der Waals surface area contributed by atoms with Gasteiger partial charge in [0.1, 0.15) is 5.01 Å². The van der Waals surface area contributed by atoms with Crippen molar-refractivity contribution in [1.82, 2.24) is 10.2 Å². The Hall–Kier alpha value is -2.24. The quantitative estimate of drug-likeness (QED) is 0.774. The Morgan fingerprint density at radius 3 is 2.73 bits per heavy atom. The summed E-state index contributed by atoms with van der Waals surface area (Å²) in [7, 11) is 0. The number of hydrogen-bond donors (Lipinski definition) is 1. The molecule has 0 atom stereocenters. The van der Waals surface area contributed by atoms with Crippen molar-refractivity contribution in [2.45, 2.75) is 6.92 Å². The first-order valence-electron chi connectivity index (χ1n) is 6.60. The minimum atomic E-state index is -0.255. The Kier molecular flexibility index (Phi) is 4.18. The first-order valence-corrected chi connectivity index (χ1v) is 7.79. The van der Waals surface area contributed by atoms with Gasteiger partial charge in [0.05, 0.1) is 0 Å². The van der Waals surface area contributed by atoms with Crippen LogP contribution >= 0.6 is 22.9 Å². The number of rotatable bonds is 3. The van der Waals surface area contributed by atoms with Gasteiger partial charge in [0.2, 0.25) is 5.13 Å². The van der Waals surface area contributed by atoms with E-state index in [9.17, 15) is 4.79 Å². The normalized spacial score (nSPS) is 10.5. The molecule has 2 aromatic carbocycles. The monoisotopic (exact) mass is 329 g/mol. The third-order valence-electron chi connectivity index (χ3n) is 3.11. The molecule has 3 rings (SSSR count). The highest BCUT2D eigenvalue weighted by molar-refractivity contribution is 7.18. The molecular formula is C16H12ClN3OS. The molecule has 6 heteroatoms. The second kappa shape index (κ2) is 6.25. The lowest BCUT2D eigenvalue weighted by Gasteiger charge is -2.01. The standard InChI is InChI=1S/C16H12ClN3OS/c1-10-5-2-3-8-13(10)15-19-20-16(22-15)18-14(21)11-6-4-7-12(17)9-11/h2-9H,1H3,(H,18,20,21). The van der Waals surface area contributed by atoms with Crippen LogP contribution in [-0.4, -0.2) is 16.1 Å². The van der Waals surface area contributed by atoms with E-state index in [0.29, 0.717) is 15.7 Å². The van der Waals surface area contributed by atoms with E-state index in [1.54, 1.807) is 24.3 Å². The number of amides is 1. The second-order valence-corrected chi connectivity index (χ2v) is 6.11. The van der Waals surface area contributed by atoms with E-state index in [4.69, 9.17) is 11.6 Å². The Morgan fingerprint density at radius 1 is 1.14 bits per heavy atom. The molecule has 1 N–H and O–H groups in total. The van der Waals surface area contributed by atoms with Crippen molar-refractivity contribution in [2.24, 2.45) is 0 Å². The number of anilines is 1. The van der Waals surface area contributed by atoms with E-state index >= 15 is 0 Å². The minimum absolute atomic E-state index is 0.255. The molecule has 22 heavy (non-hydrogen) atoms. The summed E-state index contributed by atoms with van der Waals surface area (Å²) in [5, 5.41) is 12.7. The topological polar surface area (TPSA) is 54.9 Å². The fraction of sp³-hybridized carbons (Fsp3) is 0.0625. The number of aromatic nitrogens is 2. The fourth-order valence-corrected chi connectivity index (χ4v) is 3.01. The van der Waals surface area contributed by atoms with Gasteiger partial charge in [-0.15, -0.1) is 10.2 Å². The summed E-state index contributed by atoms with van der Waals surface area (Å²) < 4.78 is 0. The van der Waals surface area contributed by atoms with Crippen molar-refractivity contribution in [3.8, 4) is 10.6 Å². The molecule has 1 aromatic heterocycles. The number of hydrogen-bond acceptors (Lipinski definition) is 4. The second-order valence-electron chi connectivity index (χ2n) is 4.69. The highest BCUT2D eigenvalue weighted by Gasteiger charge is 2.12. The average molecular weight is 330 g/mol. The predicted octanol–water partition coefficient (Wildman–Crippen LogP) is 4.42. The first kappa shape index (κ1) is 14.7. The largest absolute Gasteiger partial charge is 0.296 e. The molecule has 1 heterocycles. The van der Waals surface area contributed by atoms with Gasteiger partial charge in [-0.1, -0.05) is 53.3 Å². The average Bonchev–Trinajstić information content (AvgIpc) is 2.96. The van der Waals surface area contributed by atoms with Crippen LogP contribution in [0.15, 0.2) is 48.5 Å². The maximum absolute atomic E-state index is 12.1. The van der Waals surface area contributed by atoms with Crippen LogP contribution in [0, 0.1) is 6.92 Å². The number of nitrogens with one attached hydrogen (secondary N) is 1. The van der Waals surface area contributed by atoms with Crippen molar-refractivity contribution in [1.29, 1.82) is 0 Å². The van der Waals surface area contributed by atoms with Crippen molar-refractivity contribution < 1.29 is 4.79 Å². The number of nitrogens with zero attached hydrogens (tertiary/aromatic N) is 2. The molecular weight excluding hydrogens is 318 g/mol. The first-order chi connectivity index (χ1) is 10.6. The van der Waals surface area contributed by atoms with Crippen molar-refractivity contribution in [3.05, 3.63) is 64.7 Å². The molecule has 0 saturated carbocycles. The van der Waals surface area contributed by atoms with E-state index in [2.05, 4.69) is 15.5 Å². The Balaban J connectivity index is 1.80. The molecule has 4 nitrogen and oxygen atoms in total. The molecule has 0 aliphatic heterocycles. The Morgan fingerprint density at radius 2 is 1.95 bits per heavy atom. The van der Waals surface area contributed by atoms with Gasteiger partial charge in [-0.05, 0) is 30.7 Å². The van der Waals surface area contributed by atoms with Crippen LogP contribution < -0.4 is 5.32 Å². The molecule has 0 aliphatic rings. The van der Waals surface area contributed by atoms with Gasteiger partial charge in [-0.3, -0.25) is 10.1 Å². The fourth-order valence-electron chi connectivity index (χ4n) is 1.99. The van der Waals surface area contributed by atoms with Gasteiger partial charge >= 0.3 is 0 Å². The van der Waals surface area contributed by atoms with Crippen molar-refractivity contribution in [3.63, 3.8) is 0 Å². The van der Waals surface area contributed by atoms with Crippen LogP contribution in [0.1, 0.15) is 15.9 Å². The number of halogens is 1. The van der Waals surface area contributed by atoms with Crippen LogP contribution in [0.25, 0.3) is 10.6 Å². The highest BCUT2D eigenvalue weighted by atomic mass is 35.5. The molecule has 0 aliphatic carbocycles. The third-order valence-corrected chi connectivity index (χ3v) is 4.21. The summed E-state index contributed by atoms with van der Waals surface area (Å²) in [4.78, 5) is 12.1. The molecule has 1 amide bonds. The van der Waals surface area contributed by atoms with E-state index < -0.39 is 0 Å². The molecule has 110 valence electrons. The molecule has 3 aromatic rings. The zero-order valence-corrected chi connectivity index (χ0v) is 13.3. The molecule has 0 unspecified atom stereocenters. The number of carbonyl (C=O) groups excluding carboxylic acids is 1. The lowest BCUT2D eigenvalue weighted by Crippen LogP contribution is -2.11. The molecule has 0 saturated heterocycles. The molecule has 0 radical (unpaired) electrons. The van der Waals surface area contributed by atoms with Gasteiger partial charge in [-0.2, -0.15) is 0 Å². The van der Waals surface area contributed by atoms with E-state index in [1.807, 2.05) is 31.2 Å². The summed E-state index contributed by atoms with van der Waals surface area (Å²) >= 11 is 7.23. The summed E-state index contributed by atoms with van der Waals surface area (Å²) in [6.45, 7) is 2.01. The zero-order valence-electron chi connectivity index (χ0n) is 11.7. The van der Waals surface area contributed by atoms with E-state index in [1.165, 1.54) is 11.3 Å². The maximum Gasteiger partial charge on any atom is 0.257 e. The van der Waals surface area contributed by atoms with Crippen LogP contribution in [0.3, 0.4) is 0 Å². The lowest BCUT2D eigenvalue weighted by molar-refractivity contribution is 0.102. The molecule has 0 spiro atoms. The van der Waals surface area contributed by atoms with Crippen molar-refractivity contribution >= 4 is 34.0 Å². The Labute approximate surface area is 136 Å². The number of carbonyl (C=O) groups is 1. The summed E-state index contributed by atoms with van der Waals surface area (Å²) in [5.74, 6) is -0.255. The summed E-state index contributed by atoms with van der Waals surface area (Å²) in [6.07, 6.45) is 0. The third kappa shape index (κ3) is 3.16. The van der Waals surface area contributed by atoms with Gasteiger partial charge in [0.15, 0.2) is 0 Å². The van der Waals surface area contributed by atoms with Gasteiger partial charge in [0, 0.05) is 16.1 Å². The SMILES string of the molecule is Cc1ccccc1-c1nnc(NC(=O)c2cccc(Cl)c2)s1. The summed E-state index contributed by atoms with van der Waals surface area (Å²) in [6, 6.07) is 14.7. The summed E-state index contributed by atoms with van der Waals surface area (Å²) in [5.41, 5.74) is 2.62. The van der Waals surface area contributed by atoms with Crippen LogP contribution in [0.4, 0.5) is 5.13 Å². The van der Waals surface area contributed by atoms with E-state index in [0.717, 1.165) is 16.1 Å². The number of aryl methyl sites for hydroxylation is 1. The smallest absolute Gasteiger partial charge is 0.257 e. The number of benzene rings is 2. The minimum Gasteiger partial charge on any atom is -0.296 e. The molecule has 0 fully saturated rings. The maximum atomic E-state index is 12.1. The zero-order chi connectivity index (χ0) is 15.5. The van der Waals surface area contributed by atoms with Crippen LogP contribution in [0.5, 0.6) is 0 Å². The van der Waals surface area contributed by atoms with Gasteiger partial charge in [-0.25, -0.2) is 0 Å².